The van der Waals surface area contributed by atoms with E-state index >= 15 is 0 Å². The lowest BCUT2D eigenvalue weighted by molar-refractivity contribution is 0.0933. The molecule has 0 aliphatic carbocycles. The topological polar surface area (TPSA) is 46.9 Å². The molecule has 1 atom stereocenters. The molecule has 1 aromatic heterocycles. The van der Waals surface area contributed by atoms with Crippen molar-refractivity contribution in [3.05, 3.63) is 48.0 Å². The maximum Gasteiger partial charge on any atom is 0.271 e. The highest BCUT2D eigenvalue weighted by Gasteiger charge is 2.12. The van der Waals surface area contributed by atoms with Gasteiger partial charge in [-0.25, -0.2) is 9.07 Å². The highest BCUT2D eigenvalue weighted by molar-refractivity contribution is 5.92. The average Bonchev–Trinajstić information content (AvgIpc) is 2.89. The summed E-state index contributed by atoms with van der Waals surface area (Å²) in [5, 5.41) is 7.10. The first-order chi connectivity index (χ1) is 9.60. The molecule has 5 heteroatoms. The molecule has 0 spiro atoms. The quantitative estimate of drug-likeness (QED) is 0.912. The molecular weight excluding hydrogens is 257 g/mol. The summed E-state index contributed by atoms with van der Waals surface area (Å²) in [6.45, 7) is 4.05. The van der Waals surface area contributed by atoms with Gasteiger partial charge in [-0.15, -0.1) is 0 Å². The van der Waals surface area contributed by atoms with E-state index in [2.05, 4.69) is 17.3 Å². The van der Waals surface area contributed by atoms with Crippen LogP contribution in [0.2, 0.25) is 0 Å². The van der Waals surface area contributed by atoms with Crippen LogP contribution < -0.4 is 5.32 Å². The van der Waals surface area contributed by atoms with Gasteiger partial charge >= 0.3 is 0 Å². The van der Waals surface area contributed by atoms with Gasteiger partial charge in [-0.1, -0.05) is 13.3 Å². The molecule has 0 bridgehead atoms. The lowest BCUT2D eigenvalue weighted by Crippen LogP contribution is -2.32. The van der Waals surface area contributed by atoms with Crippen molar-refractivity contribution in [2.45, 2.75) is 32.7 Å². The maximum atomic E-state index is 12.9. The van der Waals surface area contributed by atoms with Gasteiger partial charge in [0.25, 0.3) is 5.91 Å². The van der Waals surface area contributed by atoms with Crippen molar-refractivity contribution in [2.24, 2.45) is 0 Å². The molecule has 2 aromatic rings. The summed E-state index contributed by atoms with van der Waals surface area (Å²) in [5.74, 6) is -0.487. The molecule has 0 aliphatic rings. The number of halogens is 1. The molecule has 1 unspecified atom stereocenters. The summed E-state index contributed by atoms with van der Waals surface area (Å²) in [4.78, 5) is 12.0. The zero-order valence-corrected chi connectivity index (χ0v) is 11.6. The molecule has 0 saturated carbocycles. The van der Waals surface area contributed by atoms with E-state index in [4.69, 9.17) is 0 Å². The van der Waals surface area contributed by atoms with Crippen molar-refractivity contribution in [2.75, 3.05) is 0 Å². The number of hydrogen-bond donors (Lipinski definition) is 1. The van der Waals surface area contributed by atoms with Crippen molar-refractivity contribution in [1.29, 1.82) is 0 Å². The minimum absolute atomic E-state index is 0.128. The van der Waals surface area contributed by atoms with Gasteiger partial charge in [0.15, 0.2) is 5.69 Å². The smallest absolute Gasteiger partial charge is 0.271 e. The number of nitrogens with zero attached hydrogens (tertiary/aromatic N) is 2. The number of aromatic nitrogens is 2. The molecule has 0 aliphatic heterocycles. The molecule has 106 valence electrons. The number of rotatable bonds is 5. The van der Waals surface area contributed by atoms with Crippen LogP contribution in [-0.4, -0.2) is 21.7 Å². The number of amides is 1. The lowest BCUT2D eigenvalue weighted by Gasteiger charge is -2.11. The van der Waals surface area contributed by atoms with E-state index < -0.39 is 0 Å². The van der Waals surface area contributed by atoms with Crippen molar-refractivity contribution in [3.63, 3.8) is 0 Å². The molecule has 1 N–H and O–H groups in total. The Morgan fingerprint density at radius 2 is 2.05 bits per heavy atom. The standard InChI is InChI=1S/C15H18FN3O/c1-3-4-11(2)17-15(20)14-9-10-19(18-14)13-7-5-12(16)6-8-13/h5-11H,3-4H2,1-2H3,(H,17,20). The second-order valence-corrected chi connectivity index (χ2v) is 4.79. The minimum Gasteiger partial charge on any atom is -0.348 e. The van der Waals surface area contributed by atoms with E-state index in [0.717, 1.165) is 12.8 Å². The highest BCUT2D eigenvalue weighted by atomic mass is 19.1. The molecule has 0 saturated heterocycles. The fraction of sp³-hybridized carbons (Fsp3) is 0.333. The number of carbonyl (C=O) groups excluding carboxylic acids is 1. The van der Waals surface area contributed by atoms with Crippen molar-refractivity contribution >= 4 is 5.91 Å². The van der Waals surface area contributed by atoms with Crippen LogP contribution in [-0.2, 0) is 0 Å². The van der Waals surface area contributed by atoms with Gasteiger partial charge in [0.05, 0.1) is 5.69 Å². The number of hydrogen-bond acceptors (Lipinski definition) is 2. The van der Waals surface area contributed by atoms with Crippen LogP contribution in [0.4, 0.5) is 4.39 Å². The molecule has 4 nitrogen and oxygen atoms in total. The molecule has 1 heterocycles. The fourth-order valence-electron chi connectivity index (χ4n) is 1.99. The average molecular weight is 275 g/mol. The SMILES string of the molecule is CCCC(C)NC(=O)c1ccn(-c2ccc(F)cc2)n1. The summed E-state index contributed by atoms with van der Waals surface area (Å²) >= 11 is 0. The van der Waals surface area contributed by atoms with Gasteiger partial charge in [0.1, 0.15) is 5.82 Å². The zero-order valence-electron chi connectivity index (χ0n) is 11.6. The summed E-state index contributed by atoms with van der Waals surface area (Å²) in [7, 11) is 0. The molecule has 2 rings (SSSR count). The van der Waals surface area contributed by atoms with Gasteiger partial charge in [0, 0.05) is 12.2 Å². The predicted octanol–water partition coefficient (Wildman–Crippen LogP) is 2.93. The van der Waals surface area contributed by atoms with Crippen LogP contribution in [0, 0.1) is 5.82 Å². The van der Waals surface area contributed by atoms with E-state index in [9.17, 15) is 9.18 Å². The predicted molar refractivity (Wildman–Crippen MR) is 75.4 cm³/mol. The summed E-state index contributed by atoms with van der Waals surface area (Å²) < 4.78 is 14.4. The number of benzene rings is 1. The Morgan fingerprint density at radius 3 is 2.70 bits per heavy atom. The second kappa shape index (κ2) is 6.32. The molecule has 0 radical (unpaired) electrons. The Hall–Kier alpha value is -2.17. The third kappa shape index (κ3) is 3.44. The Morgan fingerprint density at radius 1 is 1.35 bits per heavy atom. The Labute approximate surface area is 117 Å². The third-order valence-electron chi connectivity index (χ3n) is 3.01. The van der Waals surface area contributed by atoms with Gasteiger partial charge in [0.2, 0.25) is 0 Å². The molecular formula is C15H18FN3O. The summed E-state index contributed by atoms with van der Waals surface area (Å²) in [6, 6.07) is 7.73. The molecule has 1 amide bonds. The number of nitrogens with one attached hydrogen (secondary N) is 1. The van der Waals surface area contributed by atoms with E-state index in [1.165, 1.54) is 12.1 Å². The monoisotopic (exact) mass is 275 g/mol. The molecule has 0 fully saturated rings. The lowest BCUT2D eigenvalue weighted by atomic mass is 10.2. The van der Waals surface area contributed by atoms with Crippen LogP contribution in [0.5, 0.6) is 0 Å². The molecule has 1 aromatic carbocycles. The third-order valence-corrected chi connectivity index (χ3v) is 3.01. The van der Waals surface area contributed by atoms with E-state index in [-0.39, 0.29) is 17.8 Å². The van der Waals surface area contributed by atoms with Gasteiger partial charge in [-0.05, 0) is 43.7 Å². The van der Waals surface area contributed by atoms with Gasteiger partial charge in [-0.2, -0.15) is 5.10 Å². The second-order valence-electron chi connectivity index (χ2n) is 4.79. The van der Waals surface area contributed by atoms with Crippen molar-refractivity contribution in [1.82, 2.24) is 15.1 Å². The Balaban J connectivity index is 2.08. The van der Waals surface area contributed by atoms with E-state index in [0.29, 0.717) is 11.4 Å². The first kappa shape index (κ1) is 14.2. The minimum atomic E-state index is -0.299. The first-order valence-corrected chi connectivity index (χ1v) is 6.72. The first-order valence-electron chi connectivity index (χ1n) is 6.72. The molecule has 20 heavy (non-hydrogen) atoms. The highest BCUT2D eigenvalue weighted by Crippen LogP contribution is 2.09. The van der Waals surface area contributed by atoms with Crippen LogP contribution >= 0.6 is 0 Å². The van der Waals surface area contributed by atoms with Crippen molar-refractivity contribution < 1.29 is 9.18 Å². The van der Waals surface area contributed by atoms with Crippen LogP contribution in [0.1, 0.15) is 37.2 Å². The van der Waals surface area contributed by atoms with Gasteiger partial charge in [-0.3, -0.25) is 4.79 Å². The normalized spacial score (nSPS) is 12.2. The fourth-order valence-corrected chi connectivity index (χ4v) is 1.99. The Bertz CT molecular complexity index is 577. The maximum absolute atomic E-state index is 12.9. The Kier molecular flexibility index (Phi) is 4.50. The summed E-state index contributed by atoms with van der Waals surface area (Å²) in [6.07, 6.45) is 3.64. The van der Waals surface area contributed by atoms with Gasteiger partial charge < -0.3 is 5.32 Å². The van der Waals surface area contributed by atoms with E-state index in [1.54, 1.807) is 29.1 Å². The largest absolute Gasteiger partial charge is 0.348 e. The van der Waals surface area contributed by atoms with Crippen LogP contribution in [0.15, 0.2) is 36.5 Å². The zero-order chi connectivity index (χ0) is 14.5. The summed E-state index contributed by atoms with van der Waals surface area (Å²) in [5.41, 5.74) is 1.07. The van der Waals surface area contributed by atoms with Crippen molar-refractivity contribution in [3.8, 4) is 5.69 Å². The van der Waals surface area contributed by atoms with Crippen LogP contribution in [0.25, 0.3) is 5.69 Å². The van der Waals surface area contributed by atoms with Crippen LogP contribution in [0.3, 0.4) is 0 Å². The number of carbonyl (C=O) groups is 1. The van der Waals surface area contributed by atoms with E-state index in [1.807, 2.05) is 6.92 Å².